The standard InChI is InChI=1S/C52H86N4O40/c1-15(66)54-27-18(68)4-52(50(83)84,95-43(27)33(75)23(9-61)93-51(49(81)82)3-19(69)28(56-26(71)12-64)42(94-51)30(72)20(70)6-58)96-44-38(80)48(90-39-24(10-62)88-46(37(79)35(39)77)85-13-17(5-57)53-14-65)89-25(11-63)40(44)91-45-29(55-16(2)67)41(32(74)22(8-60)86-45)92-47-36(78)34(76)31(73)21(7-59)87-47/h14,17-25,27-48,57-64,68-70,72-80H,3-13H2,1-2H3,(H,53,65)(H,54,66)(H,55,67)(H,56,71)(H,81,82)(H,83,84)/p-2/t17-,18+,19+,20-,21-,22-,23-,24-,25-,27-,28-,29-,30-,31+,32+,33-,34+,35-,36-,37-,38-,39-,40+,41-,42-,43-,44-,45+,46-,47+,48+,51-,52+/m1/s1. The Morgan fingerprint density at radius 3 is 1.54 bits per heavy atom. The first kappa shape index (κ1) is 80.5. The fraction of sp³-hybridized carbons (Fsp3) is 0.885. The summed E-state index contributed by atoms with van der Waals surface area (Å²) in [4.78, 5) is 76.4. The molecule has 0 spiro atoms. The molecule has 0 radical (unpaired) electrons. The van der Waals surface area contributed by atoms with Gasteiger partial charge < -0.3 is 200 Å². The lowest BCUT2D eigenvalue weighted by molar-refractivity contribution is -0.423. The molecular weight excluding hydrogens is 1320 g/mol. The van der Waals surface area contributed by atoms with Crippen LogP contribution in [0.4, 0.5) is 0 Å². The Bertz CT molecular complexity index is 2520. The van der Waals surface area contributed by atoms with E-state index in [2.05, 4.69) is 16.0 Å². The zero-order valence-electron chi connectivity index (χ0n) is 50.9. The minimum absolute atomic E-state index is 0.196. The molecule has 0 saturated carbocycles. The lowest BCUT2D eigenvalue weighted by atomic mass is 9.87. The van der Waals surface area contributed by atoms with Gasteiger partial charge in [-0.25, -0.2) is 0 Å². The largest absolute Gasteiger partial charge is 0.544 e. The van der Waals surface area contributed by atoms with Gasteiger partial charge in [-0.05, 0) is 0 Å². The molecule has 6 saturated heterocycles. The molecular formula is C52H84N4O40-2. The lowest BCUT2D eigenvalue weighted by Crippen LogP contribution is -2.74. The molecule has 0 bridgehead atoms. The quantitative estimate of drug-likeness (QED) is 0.0278. The summed E-state index contributed by atoms with van der Waals surface area (Å²) in [6.07, 6.45) is -64.6. The molecule has 6 heterocycles. The van der Waals surface area contributed by atoms with Gasteiger partial charge in [0.05, 0.1) is 83.2 Å². The van der Waals surface area contributed by atoms with Gasteiger partial charge in [0.25, 0.3) is 0 Å². The fourth-order valence-corrected chi connectivity index (χ4v) is 11.7. The number of carboxylic acid groups (broad SMARTS) is 2. The Balaban J connectivity index is 1.46. The zero-order valence-corrected chi connectivity index (χ0v) is 50.9. The van der Waals surface area contributed by atoms with Gasteiger partial charge >= 0.3 is 0 Å². The number of carbonyl (C=O) groups excluding carboxylic acids is 6. The van der Waals surface area contributed by atoms with E-state index in [0.717, 1.165) is 13.8 Å². The molecule has 33 atom stereocenters. The van der Waals surface area contributed by atoms with Gasteiger partial charge in [-0.3, -0.25) is 19.2 Å². The number of ether oxygens (including phenoxy) is 12. The van der Waals surface area contributed by atoms with Crippen LogP contribution >= 0.6 is 0 Å². The number of hydrogen-bond acceptors (Lipinski definition) is 40. The molecule has 24 N–H and O–H groups in total. The van der Waals surface area contributed by atoms with Crippen LogP contribution in [0.5, 0.6) is 0 Å². The van der Waals surface area contributed by atoms with Gasteiger partial charge in [0.15, 0.2) is 25.2 Å². The van der Waals surface area contributed by atoms with Crippen LogP contribution in [0.25, 0.3) is 0 Å². The van der Waals surface area contributed by atoms with Crippen molar-refractivity contribution in [3.05, 3.63) is 0 Å². The molecule has 6 rings (SSSR count). The first-order valence-corrected chi connectivity index (χ1v) is 29.7. The van der Waals surface area contributed by atoms with Crippen molar-refractivity contribution in [3.8, 4) is 0 Å². The molecule has 6 aliphatic heterocycles. The van der Waals surface area contributed by atoms with E-state index in [1.54, 1.807) is 0 Å². The molecule has 4 amide bonds. The van der Waals surface area contributed by atoms with E-state index >= 15 is 0 Å². The molecule has 6 fully saturated rings. The summed E-state index contributed by atoms with van der Waals surface area (Å²) in [5, 5.41) is 253. The molecule has 0 aliphatic carbocycles. The van der Waals surface area contributed by atoms with Gasteiger partial charge in [-0.15, -0.1) is 0 Å². The minimum atomic E-state index is -3.82. The van der Waals surface area contributed by atoms with E-state index < -0.39 is 303 Å². The summed E-state index contributed by atoms with van der Waals surface area (Å²) in [7, 11) is 0. The predicted molar refractivity (Wildman–Crippen MR) is 288 cm³/mol. The van der Waals surface area contributed by atoms with Crippen molar-refractivity contribution >= 4 is 36.1 Å². The van der Waals surface area contributed by atoms with Crippen LogP contribution in [0.2, 0.25) is 0 Å². The third-order valence-corrected chi connectivity index (χ3v) is 16.6. The van der Waals surface area contributed by atoms with Crippen LogP contribution in [0, 0.1) is 0 Å². The highest BCUT2D eigenvalue weighted by Gasteiger charge is 2.62. The van der Waals surface area contributed by atoms with Crippen LogP contribution < -0.4 is 31.5 Å². The molecule has 96 heavy (non-hydrogen) atoms. The highest BCUT2D eigenvalue weighted by Crippen LogP contribution is 2.42. The Morgan fingerprint density at radius 2 is 1.00 bits per heavy atom. The second-order valence-electron chi connectivity index (χ2n) is 23.3. The van der Waals surface area contributed by atoms with Crippen molar-refractivity contribution < 1.29 is 198 Å². The molecule has 0 unspecified atom stereocenters. The van der Waals surface area contributed by atoms with Crippen LogP contribution in [0.15, 0.2) is 0 Å². The monoisotopic (exact) mass is 1400 g/mol. The number of carbonyl (C=O) groups is 6. The van der Waals surface area contributed by atoms with Crippen molar-refractivity contribution in [1.82, 2.24) is 21.3 Å². The first-order chi connectivity index (χ1) is 45.3. The third-order valence-electron chi connectivity index (χ3n) is 16.6. The smallest absolute Gasteiger partial charge is 0.246 e. The van der Waals surface area contributed by atoms with Gasteiger partial charge in [0.2, 0.25) is 35.7 Å². The molecule has 0 aromatic carbocycles. The van der Waals surface area contributed by atoms with E-state index in [4.69, 9.17) is 56.8 Å². The Labute approximate surface area is 541 Å². The maximum atomic E-state index is 14.0. The van der Waals surface area contributed by atoms with Crippen molar-refractivity contribution in [3.63, 3.8) is 0 Å². The summed E-state index contributed by atoms with van der Waals surface area (Å²) in [5.41, 5.74) is 0. The molecule has 0 aromatic heterocycles. The van der Waals surface area contributed by atoms with E-state index in [1.807, 2.05) is 5.32 Å². The van der Waals surface area contributed by atoms with Gasteiger partial charge in [0.1, 0.15) is 153 Å². The lowest BCUT2D eigenvalue weighted by Gasteiger charge is -2.54. The summed E-state index contributed by atoms with van der Waals surface area (Å²) in [6, 6.07) is -7.30. The van der Waals surface area contributed by atoms with Gasteiger partial charge in [-0.2, -0.15) is 0 Å². The number of aliphatic carboxylic acids is 2. The topological polar surface area (TPSA) is 712 Å². The van der Waals surface area contributed by atoms with E-state index in [9.17, 15) is 141 Å². The van der Waals surface area contributed by atoms with Crippen LogP contribution in [-0.2, 0) is 85.6 Å². The summed E-state index contributed by atoms with van der Waals surface area (Å²) in [6.45, 7) is -8.63. The second kappa shape index (κ2) is 35.2. The number of aliphatic hydroxyl groups is 20. The average Bonchev–Trinajstić information content (AvgIpc) is 0.749. The SMILES string of the molecule is CC(=O)N[C@H]1[C@H](O[C@@H]2[C@H](O[C@]3(C(=O)[O-])C[C@H](O)[C@@H](NC(C)=O)[C@H]([C@H](O)[C@@H](CO)O[C@]4(C(=O)[O-])C[C@H](O)[C@@H](NC(=O)CO)[C@H]([C@H](O)[C@H](O)CO)O4)O3)[C@@H](O)[C@H](O[C@H]3[C@H](O)[C@@H](O)[C@H](OC[C@@H](CO)NC=O)O[C@@H]3CO)O[C@@H]2CO)O[C@H](CO)[C@H](O)[C@@H]1O[C@@H]1O[C@H](CO)[C@H](O)[C@H](O)[C@H]1O. The van der Waals surface area contributed by atoms with E-state index in [1.165, 1.54) is 0 Å². The number of rotatable bonds is 32. The Morgan fingerprint density at radius 1 is 0.521 bits per heavy atom. The average molecular weight is 1410 g/mol. The highest BCUT2D eigenvalue weighted by molar-refractivity contribution is 5.78. The maximum Gasteiger partial charge on any atom is 0.246 e. The number of carboxylic acids is 2. The highest BCUT2D eigenvalue weighted by atomic mass is 16.8. The fourth-order valence-electron chi connectivity index (χ4n) is 11.7. The summed E-state index contributed by atoms with van der Waals surface area (Å²) < 4.78 is 69.4. The first-order valence-electron chi connectivity index (χ1n) is 29.7. The number of hydrogen-bond donors (Lipinski definition) is 24. The second-order valence-corrected chi connectivity index (χ2v) is 23.3. The van der Waals surface area contributed by atoms with Crippen molar-refractivity contribution in [2.24, 2.45) is 0 Å². The maximum absolute atomic E-state index is 14.0. The van der Waals surface area contributed by atoms with Crippen LogP contribution in [-0.4, -0.2) is 399 Å². The summed E-state index contributed by atoms with van der Waals surface area (Å²) in [5.74, 6) is -16.0. The van der Waals surface area contributed by atoms with Gasteiger partial charge in [0, 0.05) is 26.7 Å². The van der Waals surface area contributed by atoms with Crippen LogP contribution in [0.1, 0.15) is 26.7 Å². The predicted octanol–water partition coefficient (Wildman–Crippen LogP) is -19.8. The van der Waals surface area contributed by atoms with Crippen molar-refractivity contribution in [2.75, 3.05) is 59.5 Å². The Hall–Kier alpha value is -4.46. The van der Waals surface area contributed by atoms with E-state index in [-0.39, 0.29) is 6.41 Å². The minimum Gasteiger partial charge on any atom is -0.544 e. The molecule has 44 nitrogen and oxygen atoms in total. The number of amides is 4. The number of nitrogens with one attached hydrogen (secondary N) is 4. The van der Waals surface area contributed by atoms with Crippen molar-refractivity contribution in [1.29, 1.82) is 0 Å². The van der Waals surface area contributed by atoms with Gasteiger partial charge in [-0.1, -0.05) is 0 Å². The number of aliphatic hydroxyl groups excluding tert-OH is 20. The normalized spacial score (nSPS) is 42.1. The molecule has 44 heteroatoms. The van der Waals surface area contributed by atoms with E-state index in [0.29, 0.717) is 0 Å². The molecule has 0 aromatic rings. The van der Waals surface area contributed by atoms with Crippen LogP contribution in [0.3, 0.4) is 0 Å². The zero-order chi connectivity index (χ0) is 71.6. The summed E-state index contributed by atoms with van der Waals surface area (Å²) >= 11 is 0. The molecule has 6 aliphatic rings. The molecule has 554 valence electrons. The van der Waals surface area contributed by atoms with Crippen molar-refractivity contribution in [2.45, 2.75) is 228 Å². The Kier molecular flexibility index (Phi) is 29.5. The third kappa shape index (κ3) is 18.0.